The standard InChI is InChI=1S/C28H22Cl2N2O4S2/c29-20-11-10-18(12-21(20)30)13-22(31-27(34)25-14-19-8-4-5-9-24(19)38-25)26(33)32-23(28(35)36)16-37-15-17-6-2-1-3-7-17/h1-14,23H,15-16H2,(H,31,34)(H,32,33)(H,35,36)/t23-/m1/s1. The molecule has 1 heterocycles. The van der Waals surface area contributed by atoms with E-state index < -0.39 is 23.8 Å². The fourth-order valence-corrected chi connectivity index (χ4v) is 5.76. The maximum absolute atomic E-state index is 13.3. The number of carbonyl (C=O) groups excluding carboxylic acids is 2. The van der Waals surface area contributed by atoms with Crippen molar-refractivity contribution in [1.29, 1.82) is 0 Å². The third-order valence-corrected chi connectivity index (χ3v) is 8.36. The molecule has 0 fully saturated rings. The Labute approximate surface area is 237 Å². The minimum Gasteiger partial charge on any atom is -0.480 e. The second kappa shape index (κ2) is 13.0. The summed E-state index contributed by atoms with van der Waals surface area (Å²) in [6.45, 7) is 0. The van der Waals surface area contributed by atoms with Gasteiger partial charge in [-0.15, -0.1) is 11.3 Å². The molecule has 38 heavy (non-hydrogen) atoms. The minimum absolute atomic E-state index is 0.120. The highest BCUT2D eigenvalue weighted by atomic mass is 35.5. The predicted octanol–water partition coefficient (Wildman–Crippen LogP) is 6.48. The summed E-state index contributed by atoms with van der Waals surface area (Å²) in [7, 11) is 0. The molecule has 3 N–H and O–H groups in total. The van der Waals surface area contributed by atoms with E-state index in [4.69, 9.17) is 23.2 Å². The molecule has 4 aromatic rings. The summed E-state index contributed by atoms with van der Waals surface area (Å²) in [4.78, 5) is 38.7. The van der Waals surface area contributed by atoms with Gasteiger partial charge in [-0.1, -0.05) is 77.8 Å². The number of carboxylic acids is 1. The lowest BCUT2D eigenvalue weighted by Crippen LogP contribution is -2.45. The van der Waals surface area contributed by atoms with Gasteiger partial charge < -0.3 is 15.7 Å². The van der Waals surface area contributed by atoms with Crippen LogP contribution in [0.2, 0.25) is 10.0 Å². The largest absolute Gasteiger partial charge is 0.480 e. The van der Waals surface area contributed by atoms with Crippen molar-refractivity contribution in [3.63, 3.8) is 0 Å². The van der Waals surface area contributed by atoms with E-state index in [1.807, 2.05) is 54.6 Å². The summed E-state index contributed by atoms with van der Waals surface area (Å²) >= 11 is 14.8. The molecule has 0 aliphatic carbocycles. The highest BCUT2D eigenvalue weighted by Gasteiger charge is 2.24. The monoisotopic (exact) mass is 584 g/mol. The van der Waals surface area contributed by atoms with Crippen LogP contribution in [0.1, 0.15) is 20.8 Å². The maximum Gasteiger partial charge on any atom is 0.327 e. The predicted molar refractivity (Wildman–Crippen MR) is 156 cm³/mol. The van der Waals surface area contributed by atoms with Gasteiger partial charge in [0, 0.05) is 16.2 Å². The summed E-state index contributed by atoms with van der Waals surface area (Å²) in [5, 5.41) is 16.4. The van der Waals surface area contributed by atoms with Gasteiger partial charge in [0.05, 0.1) is 14.9 Å². The Morgan fingerprint density at radius 3 is 2.39 bits per heavy atom. The van der Waals surface area contributed by atoms with E-state index in [1.54, 1.807) is 24.3 Å². The van der Waals surface area contributed by atoms with Crippen LogP contribution in [-0.2, 0) is 15.3 Å². The number of nitrogens with one attached hydrogen (secondary N) is 2. The number of halogens is 2. The van der Waals surface area contributed by atoms with Gasteiger partial charge in [-0.25, -0.2) is 4.79 Å². The van der Waals surface area contributed by atoms with Gasteiger partial charge in [0.2, 0.25) is 0 Å². The van der Waals surface area contributed by atoms with Crippen molar-refractivity contribution in [3.8, 4) is 0 Å². The number of rotatable bonds is 10. The smallest absolute Gasteiger partial charge is 0.327 e. The Balaban J connectivity index is 1.54. The number of carbonyl (C=O) groups is 3. The molecule has 194 valence electrons. The van der Waals surface area contributed by atoms with Gasteiger partial charge in [-0.3, -0.25) is 9.59 Å². The maximum atomic E-state index is 13.3. The second-order valence-corrected chi connectivity index (χ2v) is 11.1. The fraction of sp³-hybridized carbons (Fsp3) is 0.107. The Hall–Kier alpha value is -3.30. The lowest BCUT2D eigenvalue weighted by molar-refractivity contribution is -0.140. The average molecular weight is 586 g/mol. The first-order valence-electron chi connectivity index (χ1n) is 11.4. The number of amides is 2. The van der Waals surface area contributed by atoms with Gasteiger partial charge in [0.25, 0.3) is 11.8 Å². The molecule has 0 aliphatic heterocycles. The van der Waals surface area contributed by atoms with Gasteiger partial charge in [0.15, 0.2) is 0 Å². The Kier molecular flexibility index (Phi) is 9.47. The van der Waals surface area contributed by atoms with Crippen LogP contribution < -0.4 is 10.6 Å². The van der Waals surface area contributed by atoms with Crippen molar-refractivity contribution in [3.05, 3.63) is 111 Å². The third-order valence-electron chi connectivity index (χ3n) is 5.40. The number of hydrogen-bond donors (Lipinski definition) is 3. The molecule has 4 rings (SSSR count). The molecular formula is C28H22Cl2N2O4S2. The molecule has 0 saturated carbocycles. The number of benzene rings is 3. The Morgan fingerprint density at radius 2 is 1.68 bits per heavy atom. The van der Waals surface area contributed by atoms with Crippen molar-refractivity contribution in [2.45, 2.75) is 11.8 Å². The topological polar surface area (TPSA) is 95.5 Å². The number of aliphatic carboxylic acids is 1. The van der Waals surface area contributed by atoms with E-state index in [0.29, 0.717) is 21.2 Å². The van der Waals surface area contributed by atoms with Gasteiger partial charge >= 0.3 is 5.97 Å². The average Bonchev–Trinajstić information content (AvgIpc) is 3.35. The normalized spacial score (nSPS) is 12.2. The molecule has 1 aromatic heterocycles. The van der Waals surface area contributed by atoms with E-state index in [9.17, 15) is 19.5 Å². The summed E-state index contributed by atoms with van der Waals surface area (Å²) in [6.07, 6.45) is 1.43. The molecule has 2 amide bonds. The summed E-state index contributed by atoms with van der Waals surface area (Å²) in [5.41, 5.74) is 1.43. The molecule has 0 radical (unpaired) electrons. The lowest BCUT2D eigenvalue weighted by Gasteiger charge is -2.16. The third kappa shape index (κ3) is 7.39. The highest BCUT2D eigenvalue weighted by Crippen LogP contribution is 2.26. The lowest BCUT2D eigenvalue weighted by atomic mass is 10.1. The molecular weight excluding hydrogens is 563 g/mol. The molecule has 10 heteroatoms. The number of thiophene rings is 1. The van der Waals surface area contributed by atoms with E-state index in [2.05, 4.69) is 10.6 Å². The van der Waals surface area contributed by atoms with Crippen LogP contribution in [0.15, 0.2) is 84.6 Å². The molecule has 0 saturated heterocycles. The molecule has 0 bridgehead atoms. The van der Waals surface area contributed by atoms with Crippen LogP contribution >= 0.6 is 46.3 Å². The summed E-state index contributed by atoms with van der Waals surface area (Å²) in [6, 6.07) is 22.5. The molecule has 3 aromatic carbocycles. The first-order valence-corrected chi connectivity index (χ1v) is 14.1. The molecule has 0 aliphatic rings. The zero-order valence-corrected chi connectivity index (χ0v) is 23.0. The van der Waals surface area contributed by atoms with Crippen molar-refractivity contribution in [2.75, 3.05) is 5.75 Å². The van der Waals surface area contributed by atoms with E-state index in [0.717, 1.165) is 15.6 Å². The van der Waals surface area contributed by atoms with Crippen LogP contribution in [0.5, 0.6) is 0 Å². The highest BCUT2D eigenvalue weighted by molar-refractivity contribution is 7.98. The van der Waals surface area contributed by atoms with Crippen LogP contribution in [0.25, 0.3) is 16.2 Å². The fourth-order valence-electron chi connectivity index (χ4n) is 3.48. The first kappa shape index (κ1) is 27.7. The Morgan fingerprint density at radius 1 is 0.947 bits per heavy atom. The van der Waals surface area contributed by atoms with Crippen LogP contribution in [-0.4, -0.2) is 34.7 Å². The molecule has 6 nitrogen and oxygen atoms in total. The van der Waals surface area contributed by atoms with Crippen LogP contribution in [0.4, 0.5) is 0 Å². The minimum atomic E-state index is -1.18. The first-order chi connectivity index (χ1) is 18.3. The van der Waals surface area contributed by atoms with Crippen molar-refractivity contribution in [1.82, 2.24) is 10.6 Å². The van der Waals surface area contributed by atoms with Gasteiger partial charge in [0.1, 0.15) is 11.7 Å². The van der Waals surface area contributed by atoms with Gasteiger partial charge in [-0.05, 0) is 46.9 Å². The summed E-state index contributed by atoms with van der Waals surface area (Å²) < 4.78 is 0.929. The number of fused-ring (bicyclic) bond motifs is 1. The van der Waals surface area contributed by atoms with Crippen molar-refractivity contribution < 1.29 is 19.5 Å². The molecule has 0 spiro atoms. The summed E-state index contributed by atoms with van der Waals surface area (Å²) in [5.74, 6) is -1.67. The SMILES string of the molecule is O=C(N[C@H](CSCc1ccccc1)C(=O)O)C(=Cc1ccc(Cl)c(Cl)c1)NC(=O)c1cc2ccccc2s1. The van der Waals surface area contributed by atoms with Crippen molar-refractivity contribution >= 4 is 80.2 Å². The number of thioether (sulfide) groups is 1. The van der Waals surface area contributed by atoms with Gasteiger partial charge in [-0.2, -0.15) is 11.8 Å². The zero-order valence-electron chi connectivity index (χ0n) is 19.8. The van der Waals surface area contributed by atoms with E-state index >= 15 is 0 Å². The van der Waals surface area contributed by atoms with Crippen molar-refractivity contribution in [2.24, 2.45) is 0 Å². The number of carboxylic acid groups (broad SMARTS) is 1. The van der Waals surface area contributed by atoms with E-state index in [1.165, 1.54) is 29.2 Å². The number of hydrogen-bond acceptors (Lipinski definition) is 5. The zero-order chi connectivity index (χ0) is 27.1. The van der Waals surface area contributed by atoms with E-state index in [-0.39, 0.29) is 16.5 Å². The quantitative estimate of drug-likeness (QED) is 0.185. The molecule has 1 atom stereocenters. The van der Waals surface area contributed by atoms with Crippen LogP contribution in [0, 0.1) is 0 Å². The van der Waals surface area contributed by atoms with Crippen LogP contribution in [0.3, 0.4) is 0 Å². The Bertz CT molecular complexity index is 1470. The molecule has 0 unspecified atom stereocenters. The second-order valence-electron chi connectivity index (χ2n) is 8.20.